The molecule has 3 aromatic heterocycles. The SMILES string of the molecule is COc1ccn2c(Cc3cccs3)ncc2c1. The number of rotatable bonds is 3. The number of ether oxygens (including phenoxy) is 1. The summed E-state index contributed by atoms with van der Waals surface area (Å²) in [6, 6.07) is 8.14. The largest absolute Gasteiger partial charge is 0.497 e. The number of thiophene rings is 1. The Hall–Kier alpha value is -1.81. The molecule has 0 radical (unpaired) electrons. The maximum absolute atomic E-state index is 5.20. The number of imidazole rings is 1. The van der Waals surface area contributed by atoms with Gasteiger partial charge in [0.05, 0.1) is 18.8 Å². The molecule has 0 N–H and O–H groups in total. The van der Waals surface area contributed by atoms with Crippen LogP contribution in [0, 0.1) is 0 Å². The molecule has 86 valence electrons. The molecule has 0 atom stereocenters. The molecule has 17 heavy (non-hydrogen) atoms. The fraction of sp³-hybridized carbons (Fsp3) is 0.154. The summed E-state index contributed by atoms with van der Waals surface area (Å²) < 4.78 is 7.30. The van der Waals surface area contributed by atoms with Gasteiger partial charge in [-0.15, -0.1) is 11.3 Å². The Labute approximate surface area is 103 Å². The Bertz CT molecular complexity index is 628. The average molecular weight is 244 g/mol. The predicted molar refractivity (Wildman–Crippen MR) is 68.9 cm³/mol. The van der Waals surface area contributed by atoms with Crippen LogP contribution >= 0.6 is 11.3 Å². The van der Waals surface area contributed by atoms with Gasteiger partial charge in [0, 0.05) is 23.6 Å². The van der Waals surface area contributed by atoms with Crippen molar-refractivity contribution in [2.24, 2.45) is 0 Å². The number of fused-ring (bicyclic) bond motifs is 1. The van der Waals surface area contributed by atoms with E-state index >= 15 is 0 Å². The average Bonchev–Trinajstić information content (AvgIpc) is 2.99. The molecule has 3 aromatic rings. The molecule has 0 fully saturated rings. The Morgan fingerprint density at radius 3 is 3.12 bits per heavy atom. The molecular weight excluding hydrogens is 232 g/mol. The van der Waals surface area contributed by atoms with Gasteiger partial charge in [0.2, 0.25) is 0 Å². The highest BCUT2D eigenvalue weighted by Gasteiger charge is 2.05. The van der Waals surface area contributed by atoms with Gasteiger partial charge in [0.1, 0.15) is 11.6 Å². The second-order valence-electron chi connectivity index (χ2n) is 3.79. The standard InChI is InChI=1S/C13H12N2OS/c1-16-11-4-5-15-10(7-11)9-14-13(15)8-12-3-2-6-17-12/h2-7,9H,8H2,1H3. The molecule has 0 amide bonds. The van der Waals surface area contributed by atoms with Gasteiger partial charge in [-0.2, -0.15) is 0 Å². The first-order chi connectivity index (χ1) is 8.36. The van der Waals surface area contributed by atoms with E-state index in [2.05, 4.69) is 26.9 Å². The van der Waals surface area contributed by atoms with E-state index in [4.69, 9.17) is 4.74 Å². The van der Waals surface area contributed by atoms with Crippen molar-refractivity contribution >= 4 is 16.9 Å². The number of hydrogen-bond acceptors (Lipinski definition) is 3. The van der Waals surface area contributed by atoms with Crippen molar-refractivity contribution in [1.29, 1.82) is 0 Å². The van der Waals surface area contributed by atoms with Crippen LogP contribution < -0.4 is 4.74 Å². The molecule has 0 unspecified atom stereocenters. The van der Waals surface area contributed by atoms with E-state index in [0.717, 1.165) is 23.5 Å². The van der Waals surface area contributed by atoms with E-state index in [1.807, 2.05) is 24.5 Å². The first kappa shape index (κ1) is 10.4. The normalized spacial score (nSPS) is 10.9. The molecule has 3 heterocycles. The fourth-order valence-electron chi connectivity index (χ4n) is 1.86. The molecule has 4 heteroatoms. The highest BCUT2D eigenvalue weighted by atomic mass is 32.1. The van der Waals surface area contributed by atoms with Crippen LogP contribution in [0.3, 0.4) is 0 Å². The van der Waals surface area contributed by atoms with Gasteiger partial charge < -0.3 is 9.14 Å². The van der Waals surface area contributed by atoms with E-state index in [0.29, 0.717) is 0 Å². The van der Waals surface area contributed by atoms with Gasteiger partial charge in [-0.1, -0.05) is 6.07 Å². The van der Waals surface area contributed by atoms with Crippen molar-refractivity contribution in [2.75, 3.05) is 7.11 Å². The summed E-state index contributed by atoms with van der Waals surface area (Å²) in [5.41, 5.74) is 1.07. The maximum atomic E-state index is 5.20. The molecule has 3 rings (SSSR count). The highest BCUT2D eigenvalue weighted by Crippen LogP contribution is 2.18. The molecule has 3 nitrogen and oxygen atoms in total. The van der Waals surface area contributed by atoms with E-state index in [9.17, 15) is 0 Å². The molecule has 0 saturated carbocycles. The van der Waals surface area contributed by atoms with Gasteiger partial charge in [-0.3, -0.25) is 0 Å². The van der Waals surface area contributed by atoms with Crippen molar-refractivity contribution in [3.05, 3.63) is 52.7 Å². The van der Waals surface area contributed by atoms with Crippen LogP contribution in [0.2, 0.25) is 0 Å². The van der Waals surface area contributed by atoms with Crippen LogP contribution in [0.15, 0.2) is 42.0 Å². The lowest BCUT2D eigenvalue weighted by molar-refractivity contribution is 0.414. The Kier molecular flexibility index (Phi) is 2.57. The minimum absolute atomic E-state index is 0.861. The second kappa shape index (κ2) is 4.22. The van der Waals surface area contributed by atoms with Crippen LogP contribution in [0.5, 0.6) is 5.75 Å². The quantitative estimate of drug-likeness (QED) is 0.708. The molecule has 0 aliphatic rings. The van der Waals surface area contributed by atoms with E-state index in [1.165, 1.54) is 4.88 Å². The monoisotopic (exact) mass is 244 g/mol. The topological polar surface area (TPSA) is 26.5 Å². The van der Waals surface area contributed by atoms with Gasteiger partial charge >= 0.3 is 0 Å². The minimum atomic E-state index is 0.861. The minimum Gasteiger partial charge on any atom is -0.497 e. The van der Waals surface area contributed by atoms with Crippen LogP contribution in [-0.4, -0.2) is 16.5 Å². The van der Waals surface area contributed by atoms with Crippen molar-refractivity contribution < 1.29 is 4.74 Å². The third kappa shape index (κ3) is 1.91. The smallest absolute Gasteiger partial charge is 0.122 e. The molecule has 0 aromatic carbocycles. The Morgan fingerprint density at radius 2 is 2.35 bits per heavy atom. The first-order valence-corrected chi connectivity index (χ1v) is 6.27. The number of hydrogen-bond donors (Lipinski definition) is 0. The van der Waals surface area contributed by atoms with Crippen molar-refractivity contribution in [1.82, 2.24) is 9.38 Å². The van der Waals surface area contributed by atoms with Crippen LogP contribution in [-0.2, 0) is 6.42 Å². The van der Waals surface area contributed by atoms with E-state index in [-0.39, 0.29) is 0 Å². The molecule has 0 saturated heterocycles. The molecule has 0 aliphatic carbocycles. The summed E-state index contributed by atoms with van der Waals surface area (Å²) >= 11 is 1.76. The molecular formula is C13H12N2OS. The molecule has 0 aliphatic heterocycles. The summed E-state index contributed by atoms with van der Waals surface area (Å²) in [6.45, 7) is 0. The van der Waals surface area contributed by atoms with Gasteiger partial charge in [0.25, 0.3) is 0 Å². The third-order valence-electron chi connectivity index (χ3n) is 2.73. The zero-order valence-electron chi connectivity index (χ0n) is 9.46. The van der Waals surface area contributed by atoms with Crippen molar-refractivity contribution in [3.63, 3.8) is 0 Å². The second-order valence-corrected chi connectivity index (χ2v) is 4.82. The van der Waals surface area contributed by atoms with Crippen LogP contribution in [0.25, 0.3) is 5.52 Å². The summed E-state index contributed by atoms with van der Waals surface area (Å²) in [4.78, 5) is 5.79. The summed E-state index contributed by atoms with van der Waals surface area (Å²) in [6.07, 6.45) is 4.76. The van der Waals surface area contributed by atoms with Crippen LogP contribution in [0.4, 0.5) is 0 Å². The number of nitrogens with zero attached hydrogens (tertiary/aromatic N) is 2. The van der Waals surface area contributed by atoms with Crippen molar-refractivity contribution in [3.8, 4) is 5.75 Å². The molecule has 0 spiro atoms. The number of aromatic nitrogens is 2. The van der Waals surface area contributed by atoms with Gasteiger partial charge in [-0.25, -0.2) is 4.98 Å². The predicted octanol–water partition coefficient (Wildman–Crippen LogP) is 3.00. The summed E-state index contributed by atoms with van der Waals surface area (Å²) in [5, 5.41) is 2.09. The Balaban J connectivity index is 2.00. The fourth-order valence-corrected chi connectivity index (χ4v) is 2.56. The number of pyridine rings is 1. The first-order valence-electron chi connectivity index (χ1n) is 5.39. The molecule has 0 bridgehead atoms. The van der Waals surface area contributed by atoms with Gasteiger partial charge in [0.15, 0.2) is 0 Å². The van der Waals surface area contributed by atoms with E-state index in [1.54, 1.807) is 18.4 Å². The zero-order valence-corrected chi connectivity index (χ0v) is 10.3. The maximum Gasteiger partial charge on any atom is 0.122 e. The van der Waals surface area contributed by atoms with Gasteiger partial charge in [-0.05, 0) is 17.5 Å². The van der Waals surface area contributed by atoms with Crippen molar-refractivity contribution in [2.45, 2.75) is 6.42 Å². The highest BCUT2D eigenvalue weighted by molar-refractivity contribution is 7.09. The lowest BCUT2D eigenvalue weighted by Crippen LogP contribution is -1.95. The van der Waals surface area contributed by atoms with Crippen LogP contribution in [0.1, 0.15) is 10.7 Å². The third-order valence-corrected chi connectivity index (χ3v) is 3.60. The zero-order chi connectivity index (χ0) is 11.7. The Morgan fingerprint density at radius 1 is 1.41 bits per heavy atom. The number of methoxy groups -OCH3 is 1. The lowest BCUT2D eigenvalue weighted by atomic mass is 10.3. The summed E-state index contributed by atoms with van der Waals surface area (Å²) in [5.74, 6) is 1.92. The summed E-state index contributed by atoms with van der Waals surface area (Å²) in [7, 11) is 1.68. The lowest BCUT2D eigenvalue weighted by Gasteiger charge is -2.02. The van der Waals surface area contributed by atoms with E-state index < -0.39 is 0 Å².